The number of rotatable bonds is 4. The van der Waals surface area contributed by atoms with Gasteiger partial charge >= 0.3 is 0 Å². The molecule has 0 aliphatic carbocycles. The number of nitrogens with one attached hydrogen (secondary N) is 2. The van der Waals surface area contributed by atoms with Crippen molar-refractivity contribution in [2.45, 2.75) is 6.92 Å². The van der Waals surface area contributed by atoms with Crippen molar-refractivity contribution in [3.63, 3.8) is 0 Å². The Hall–Kier alpha value is -3.33. The molecule has 0 aliphatic rings. The van der Waals surface area contributed by atoms with Crippen molar-refractivity contribution in [2.24, 2.45) is 0 Å². The predicted molar refractivity (Wildman–Crippen MR) is 104 cm³/mol. The number of aryl methyl sites for hydroxylation is 1. The summed E-state index contributed by atoms with van der Waals surface area (Å²) in [4.78, 5) is 12.7. The Morgan fingerprint density at radius 3 is 2.56 bits per heavy atom. The molecular formula is C18H14F2N6S. The third-order valence-corrected chi connectivity index (χ3v) is 4.77. The van der Waals surface area contributed by atoms with E-state index in [1.54, 1.807) is 0 Å². The Morgan fingerprint density at radius 2 is 1.78 bits per heavy atom. The van der Waals surface area contributed by atoms with E-state index in [1.807, 2.05) is 25.1 Å². The first-order valence-electron chi connectivity index (χ1n) is 7.96. The van der Waals surface area contributed by atoms with Crippen LogP contribution in [0.4, 0.5) is 36.9 Å². The fourth-order valence-electron chi connectivity index (χ4n) is 2.50. The molecule has 2 aromatic heterocycles. The molecule has 136 valence electrons. The van der Waals surface area contributed by atoms with E-state index in [4.69, 9.17) is 5.73 Å². The Morgan fingerprint density at radius 1 is 1.00 bits per heavy atom. The Bertz CT molecular complexity index is 1140. The van der Waals surface area contributed by atoms with Crippen molar-refractivity contribution in [3.8, 4) is 0 Å². The van der Waals surface area contributed by atoms with Crippen LogP contribution in [0, 0.1) is 18.6 Å². The number of benzene rings is 2. The largest absolute Gasteiger partial charge is 0.393 e. The average Bonchev–Trinajstić information content (AvgIpc) is 3.02. The lowest BCUT2D eigenvalue weighted by molar-refractivity contribution is 0.586. The van der Waals surface area contributed by atoms with Crippen LogP contribution in [0.25, 0.3) is 10.2 Å². The lowest BCUT2D eigenvalue weighted by Crippen LogP contribution is -2.06. The lowest BCUT2D eigenvalue weighted by atomic mass is 10.2. The average molecular weight is 384 g/mol. The van der Waals surface area contributed by atoms with Gasteiger partial charge in [-0.05, 0) is 36.8 Å². The van der Waals surface area contributed by atoms with Crippen LogP contribution in [0.3, 0.4) is 0 Å². The maximum atomic E-state index is 13.9. The molecule has 0 atom stereocenters. The molecule has 6 nitrogen and oxygen atoms in total. The summed E-state index contributed by atoms with van der Waals surface area (Å²) in [5, 5.41) is 6.45. The number of fused-ring (bicyclic) bond motifs is 1. The second-order valence-electron chi connectivity index (χ2n) is 5.85. The summed E-state index contributed by atoms with van der Waals surface area (Å²) in [6.07, 6.45) is 1.29. The molecule has 2 aromatic carbocycles. The number of thiazole rings is 1. The van der Waals surface area contributed by atoms with E-state index in [1.165, 1.54) is 23.7 Å². The maximum absolute atomic E-state index is 13.9. The van der Waals surface area contributed by atoms with Gasteiger partial charge in [-0.25, -0.2) is 23.7 Å². The molecule has 4 N–H and O–H groups in total. The summed E-state index contributed by atoms with van der Waals surface area (Å²) in [5.74, 6) is -0.869. The zero-order valence-corrected chi connectivity index (χ0v) is 14.9. The summed E-state index contributed by atoms with van der Waals surface area (Å²) in [6.45, 7) is 2.02. The zero-order chi connectivity index (χ0) is 19.0. The van der Waals surface area contributed by atoms with Crippen molar-refractivity contribution in [2.75, 3.05) is 16.4 Å². The van der Waals surface area contributed by atoms with Gasteiger partial charge in [0.1, 0.15) is 23.6 Å². The van der Waals surface area contributed by atoms with Gasteiger partial charge in [-0.2, -0.15) is 0 Å². The molecule has 0 radical (unpaired) electrons. The van der Waals surface area contributed by atoms with E-state index in [9.17, 15) is 8.78 Å². The summed E-state index contributed by atoms with van der Waals surface area (Å²) in [7, 11) is 0. The third kappa shape index (κ3) is 3.49. The number of halogens is 2. The monoisotopic (exact) mass is 384 g/mol. The topological polar surface area (TPSA) is 88.8 Å². The van der Waals surface area contributed by atoms with Gasteiger partial charge in [0.15, 0.2) is 16.8 Å². The highest BCUT2D eigenvalue weighted by Crippen LogP contribution is 2.32. The first kappa shape index (κ1) is 17.1. The molecule has 9 heteroatoms. The number of nitrogens with two attached hydrogens (primary N) is 1. The molecule has 0 fully saturated rings. The van der Waals surface area contributed by atoms with Crippen molar-refractivity contribution in [1.82, 2.24) is 15.0 Å². The van der Waals surface area contributed by atoms with Gasteiger partial charge in [0, 0.05) is 6.07 Å². The van der Waals surface area contributed by atoms with E-state index in [0.717, 1.165) is 27.9 Å². The molecule has 0 aliphatic heterocycles. The van der Waals surface area contributed by atoms with Crippen LogP contribution in [0.2, 0.25) is 0 Å². The maximum Gasteiger partial charge on any atom is 0.189 e. The van der Waals surface area contributed by atoms with Gasteiger partial charge < -0.3 is 16.4 Å². The van der Waals surface area contributed by atoms with Crippen molar-refractivity contribution in [1.29, 1.82) is 0 Å². The lowest BCUT2D eigenvalue weighted by Gasteiger charge is -2.11. The molecule has 27 heavy (non-hydrogen) atoms. The van der Waals surface area contributed by atoms with Gasteiger partial charge in [0.2, 0.25) is 0 Å². The number of nitrogens with zero attached hydrogens (tertiary/aromatic N) is 3. The Kier molecular flexibility index (Phi) is 4.28. The second-order valence-corrected chi connectivity index (χ2v) is 6.88. The van der Waals surface area contributed by atoms with Crippen LogP contribution in [0.15, 0.2) is 42.7 Å². The molecule has 0 bridgehead atoms. The zero-order valence-electron chi connectivity index (χ0n) is 14.1. The number of anilines is 5. The smallest absolute Gasteiger partial charge is 0.189 e. The minimum atomic E-state index is -0.746. The predicted octanol–water partition coefficient (Wildman–Crippen LogP) is 4.74. The molecule has 4 aromatic rings. The number of hydrogen-bond donors (Lipinski definition) is 3. The summed E-state index contributed by atoms with van der Waals surface area (Å²) in [5.41, 5.74) is 8.37. The normalized spacial score (nSPS) is 10.9. The highest BCUT2D eigenvalue weighted by atomic mass is 32.1. The van der Waals surface area contributed by atoms with E-state index in [2.05, 4.69) is 25.6 Å². The SMILES string of the molecule is Cc1ccc2nc(Nc3ncnc(Nc4ccc(F)cc4F)c3N)sc2c1. The fourth-order valence-corrected chi connectivity index (χ4v) is 3.46. The highest BCUT2D eigenvalue weighted by molar-refractivity contribution is 7.22. The summed E-state index contributed by atoms with van der Waals surface area (Å²) >= 11 is 1.47. The van der Waals surface area contributed by atoms with Crippen LogP contribution < -0.4 is 16.4 Å². The minimum Gasteiger partial charge on any atom is -0.393 e. The van der Waals surface area contributed by atoms with Crippen LogP contribution in [0.1, 0.15) is 5.56 Å². The second kappa shape index (κ2) is 6.76. The van der Waals surface area contributed by atoms with Crippen molar-refractivity contribution >= 4 is 49.7 Å². The summed E-state index contributed by atoms with van der Waals surface area (Å²) in [6, 6.07) is 9.18. The minimum absolute atomic E-state index is 0.0585. The molecule has 0 saturated carbocycles. The molecule has 4 rings (SSSR count). The van der Waals surface area contributed by atoms with Crippen molar-refractivity contribution < 1.29 is 8.78 Å². The molecule has 0 unspecified atom stereocenters. The van der Waals surface area contributed by atoms with Crippen LogP contribution in [-0.2, 0) is 0 Å². The Labute approximate surface area is 157 Å². The highest BCUT2D eigenvalue weighted by Gasteiger charge is 2.13. The van der Waals surface area contributed by atoms with Crippen molar-refractivity contribution in [3.05, 3.63) is 59.9 Å². The summed E-state index contributed by atoms with van der Waals surface area (Å²) < 4.78 is 27.9. The standard InChI is InChI=1S/C18H14F2N6S/c1-9-2-4-13-14(6-9)27-18(25-13)26-17-15(21)16(22-8-23-17)24-12-5-3-10(19)7-11(12)20/h2-8H,21H2,1H3,(H2,22,23,24,25,26). The van der Waals surface area contributed by atoms with E-state index in [-0.39, 0.29) is 17.2 Å². The van der Waals surface area contributed by atoms with Crippen LogP contribution in [0.5, 0.6) is 0 Å². The fraction of sp³-hybridized carbons (Fsp3) is 0.0556. The van der Waals surface area contributed by atoms with Gasteiger partial charge in [-0.15, -0.1) is 0 Å². The molecule has 0 saturated heterocycles. The Balaban J connectivity index is 1.62. The number of nitrogen functional groups attached to an aromatic ring is 1. The molecular weight excluding hydrogens is 370 g/mol. The van der Waals surface area contributed by atoms with Crippen LogP contribution >= 0.6 is 11.3 Å². The third-order valence-electron chi connectivity index (χ3n) is 3.84. The molecule has 0 amide bonds. The number of aromatic nitrogens is 3. The van der Waals surface area contributed by atoms with Gasteiger partial charge in [-0.3, -0.25) is 0 Å². The first-order chi connectivity index (χ1) is 13.0. The van der Waals surface area contributed by atoms with Gasteiger partial charge in [0.05, 0.1) is 15.9 Å². The molecule has 0 spiro atoms. The van der Waals surface area contributed by atoms with Crippen LogP contribution in [-0.4, -0.2) is 15.0 Å². The number of hydrogen-bond acceptors (Lipinski definition) is 7. The van der Waals surface area contributed by atoms with E-state index < -0.39 is 11.6 Å². The quantitative estimate of drug-likeness (QED) is 0.471. The first-order valence-corrected chi connectivity index (χ1v) is 8.78. The van der Waals surface area contributed by atoms with E-state index in [0.29, 0.717) is 10.9 Å². The van der Waals surface area contributed by atoms with Gasteiger partial charge in [-0.1, -0.05) is 17.4 Å². The van der Waals surface area contributed by atoms with Gasteiger partial charge in [0.25, 0.3) is 0 Å². The van der Waals surface area contributed by atoms with E-state index >= 15 is 0 Å². The molecule has 2 heterocycles.